The van der Waals surface area contributed by atoms with Gasteiger partial charge >= 0.3 is 0 Å². The number of nitrogens with zero attached hydrogens (tertiary/aromatic N) is 1. The fourth-order valence-electron chi connectivity index (χ4n) is 1.98. The van der Waals surface area contributed by atoms with E-state index in [1.54, 1.807) is 0 Å². The molecule has 1 aliphatic carbocycles. The van der Waals surface area contributed by atoms with Crippen molar-refractivity contribution in [2.45, 2.75) is 45.6 Å². The molecular weight excluding hydrogens is 150 g/mol. The lowest BCUT2D eigenvalue weighted by Crippen LogP contribution is -2.38. The molecule has 1 amide bonds. The summed E-state index contributed by atoms with van der Waals surface area (Å²) in [6, 6.07) is 0.495. The molecule has 2 rings (SSSR count). The van der Waals surface area contributed by atoms with E-state index in [2.05, 4.69) is 18.7 Å². The third-order valence-corrected chi connectivity index (χ3v) is 3.33. The SMILES string of the molecule is CC1CCCN1C(=O)C1(C)CC1. The van der Waals surface area contributed by atoms with E-state index in [-0.39, 0.29) is 5.41 Å². The highest BCUT2D eigenvalue weighted by Gasteiger charge is 2.48. The largest absolute Gasteiger partial charge is 0.340 e. The van der Waals surface area contributed by atoms with Crippen LogP contribution in [0.4, 0.5) is 0 Å². The maximum absolute atomic E-state index is 11.9. The van der Waals surface area contributed by atoms with Gasteiger partial charge in [0.2, 0.25) is 5.91 Å². The average molecular weight is 167 g/mol. The molecule has 1 atom stereocenters. The van der Waals surface area contributed by atoms with E-state index in [0.29, 0.717) is 11.9 Å². The molecule has 1 saturated heterocycles. The molecule has 1 aliphatic heterocycles. The molecule has 12 heavy (non-hydrogen) atoms. The number of likely N-dealkylation sites (tertiary alicyclic amines) is 1. The first-order chi connectivity index (χ1) is 5.63. The van der Waals surface area contributed by atoms with Crippen molar-refractivity contribution in [1.29, 1.82) is 0 Å². The molecule has 0 aromatic carbocycles. The van der Waals surface area contributed by atoms with E-state index in [0.717, 1.165) is 19.4 Å². The van der Waals surface area contributed by atoms with Crippen LogP contribution >= 0.6 is 0 Å². The van der Waals surface area contributed by atoms with Crippen LogP contribution < -0.4 is 0 Å². The van der Waals surface area contributed by atoms with Crippen LogP contribution in [0.1, 0.15) is 39.5 Å². The Labute approximate surface area is 73.9 Å². The van der Waals surface area contributed by atoms with Gasteiger partial charge in [-0.05, 0) is 32.6 Å². The smallest absolute Gasteiger partial charge is 0.228 e. The summed E-state index contributed by atoms with van der Waals surface area (Å²) in [6.07, 6.45) is 4.61. The predicted octanol–water partition coefficient (Wildman–Crippen LogP) is 1.80. The van der Waals surface area contributed by atoms with Crippen LogP contribution in [-0.4, -0.2) is 23.4 Å². The minimum absolute atomic E-state index is 0.0403. The zero-order valence-corrected chi connectivity index (χ0v) is 7.97. The normalized spacial score (nSPS) is 32.2. The van der Waals surface area contributed by atoms with Crippen molar-refractivity contribution >= 4 is 5.91 Å². The number of rotatable bonds is 1. The van der Waals surface area contributed by atoms with E-state index in [1.807, 2.05) is 0 Å². The number of hydrogen-bond donors (Lipinski definition) is 0. The Kier molecular flexibility index (Phi) is 1.67. The summed E-state index contributed by atoms with van der Waals surface area (Å²) in [7, 11) is 0. The Morgan fingerprint density at radius 3 is 2.58 bits per heavy atom. The summed E-state index contributed by atoms with van der Waals surface area (Å²) in [5.41, 5.74) is 0.0403. The van der Waals surface area contributed by atoms with Gasteiger partial charge < -0.3 is 4.90 Å². The van der Waals surface area contributed by atoms with Crippen LogP contribution in [0.3, 0.4) is 0 Å². The topological polar surface area (TPSA) is 20.3 Å². The molecule has 1 heterocycles. The molecule has 1 saturated carbocycles. The van der Waals surface area contributed by atoms with Crippen LogP contribution in [0.25, 0.3) is 0 Å². The fourth-order valence-corrected chi connectivity index (χ4v) is 1.98. The Hall–Kier alpha value is -0.530. The average Bonchev–Trinajstić information content (AvgIpc) is 2.63. The van der Waals surface area contributed by atoms with Crippen LogP contribution in [0, 0.1) is 5.41 Å². The summed E-state index contributed by atoms with van der Waals surface area (Å²) in [6.45, 7) is 5.26. The monoisotopic (exact) mass is 167 g/mol. The molecular formula is C10H17NO. The van der Waals surface area contributed by atoms with Gasteiger partial charge in [0, 0.05) is 18.0 Å². The number of carbonyl (C=O) groups excluding carboxylic acids is 1. The maximum atomic E-state index is 11.9. The van der Waals surface area contributed by atoms with Gasteiger partial charge in [-0.15, -0.1) is 0 Å². The van der Waals surface area contributed by atoms with Gasteiger partial charge in [0.25, 0.3) is 0 Å². The molecule has 2 fully saturated rings. The summed E-state index contributed by atoms with van der Waals surface area (Å²) in [4.78, 5) is 13.9. The molecule has 0 aromatic heterocycles. The minimum atomic E-state index is 0.0403. The standard InChI is InChI=1S/C10H17NO/c1-8-4-3-7-11(8)9(12)10(2)5-6-10/h8H,3-7H2,1-2H3. The molecule has 0 spiro atoms. The van der Waals surface area contributed by atoms with Gasteiger partial charge in [-0.3, -0.25) is 4.79 Å². The molecule has 0 radical (unpaired) electrons. The second-order valence-electron chi connectivity index (χ2n) is 4.55. The van der Waals surface area contributed by atoms with E-state index in [1.165, 1.54) is 12.8 Å². The summed E-state index contributed by atoms with van der Waals surface area (Å²) >= 11 is 0. The molecule has 1 unspecified atom stereocenters. The number of hydrogen-bond acceptors (Lipinski definition) is 1. The molecule has 68 valence electrons. The summed E-state index contributed by atoms with van der Waals surface area (Å²) in [5.74, 6) is 0.410. The maximum Gasteiger partial charge on any atom is 0.228 e. The molecule has 2 aliphatic rings. The minimum Gasteiger partial charge on any atom is -0.340 e. The predicted molar refractivity (Wildman–Crippen MR) is 47.8 cm³/mol. The highest BCUT2D eigenvalue weighted by Crippen LogP contribution is 2.47. The first-order valence-corrected chi connectivity index (χ1v) is 4.94. The summed E-state index contributed by atoms with van der Waals surface area (Å²) in [5, 5.41) is 0. The zero-order chi connectivity index (χ0) is 8.77. The third kappa shape index (κ3) is 1.13. The lowest BCUT2D eigenvalue weighted by atomic mass is 10.1. The third-order valence-electron chi connectivity index (χ3n) is 3.33. The quantitative estimate of drug-likeness (QED) is 0.583. The molecule has 0 bridgehead atoms. The first kappa shape index (κ1) is 8.09. The zero-order valence-electron chi connectivity index (χ0n) is 7.97. The van der Waals surface area contributed by atoms with E-state index in [9.17, 15) is 4.79 Å². The Morgan fingerprint density at radius 2 is 2.17 bits per heavy atom. The van der Waals surface area contributed by atoms with E-state index >= 15 is 0 Å². The Balaban J connectivity index is 2.04. The van der Waals surface area contributed by atoms with Crippen LogP contribution in [0.5, 0.6) is 0 Å². The van der Waals surface area contributed by atoms with Crippen molar-refractivity contribution in [3.8, 4) is 0 Å². The van der Waals surface area contributed by atoms with E-state index in [4.69, 9.17) is 0 Å². The molecule has 2 heteroatoms. The Bertz CT molecular complexity index is 208. The van der Waals surface area contributed by atoms with Crippen molar-refractivity contribution in [2.24, 2.45) is 5.41 Å². The second kappa shape index (κ2) is 2.48. The number of amides is 1. The Morgan fingerprint density at radius 1 is 1.50 bits per heavy atom. The van der Waals surface area contributed by atoms with Crippen LogP contribution in [0.2, 0.25) is 0 Å². The van der Waals surface area contributed by atoms with Gasteiger partial charge in [-0.25, -0.2) is 0 Å². The number of carbonyl (C=O) groups is 1. The van der Waals surface area contributed by atoms with Crippen molar-refractivity contribution in [3.05, 3.63) is 0 Å². The lowest BCUT2D eigenvalue weighted by molar-refractivity contribution is -0.136. The highest BCUT2D eigenvalue weighted by molar-refractivity contribution is 5.85. The van der Waals surface area contributed by atoms with Crippen LogP contribution in [0.15, 0.2) is 0 Å². The van der Waals surface area contributed by atoms with Gasteiger partial charge in [0.15, 0.2) is 0 Å². The molecule has 2 nitrogen and oxygen atoms in total. The van der Waals surface area contributed by atoms with Crippen molar-refractivity contribution in [1.82, 2.24) is 4.90 Å². The lowest BCUT2D eigenvalue weighted by Gasteiger charge is -2.24. The first-order valence-electron chi connectivity index (χ1n) is 4.94. The highest BCUT2D eigenvalue weighted by atomic mass is 16.2. The van der Waals surface area contributed by atoms with Gasteiger partial charge in [0.1, 0.15) is 0 Å². The molecule has 0 N–H and O–H groups in total. The van der Waals surface area contributed by atoms with Gasteiger partial charge in [0.05, 0.1) is 0 Å². The van der Waals surface area contributed by atoms with Crippen LogP contribution in [-0.2, 0) is 4.79 Å². The van der Waals surface area contributed by atoms with Gasteiger partial charge in [-0.2, -0.15) is 0 Å². The van der Waals surface area contributed by atoms with E-state index < -0.39 is 0 Å². The molecule has 0 aromatic rings. The fraction of sp³-hybridized carbons (Fsp3) is 0.900. The summed E-state index contributed by atoms with van der Waals surface area (Å²) < 4.78 is 0. The van der Waals surface area contributed by atoms with Crippen molar-refractivity contribution < 1.29 is 4.79 Å². The second-order valence-corrected chi connectivity index (χ2v) is 4.55. The van der Waals surface area contributed by atoms with Gasteiger partial charge in [-0.1, -0.05) is 6.92 Å². The van der Waals surface area contributed by atoms with Crippen molar-refractivity contribution in [3.63, 3.8) is 0 Å². The van der Waals surface area contributed by atoms with Crippen molar-refractivity contribution in [2.75, 3.05) is 6.54 Å².